The van der Waals surface area contributed by atoms with Crippen LogP contribution in [-0.2, 0) is 14.4 Å². The molecule has 11 nitrogen and oxygen atoms in total. The number of aliphatic carboxylic acids is 1. The molecule has 0 aliphatic heterocycles. The van der Waals surface area contributed by atoms with Crippen molar-refractivity contribution in [3.63, 3.8) is 0 Å². The molecule has 0 radical (unpaired) electrons. The van der Waals surface area contributed by atoms with Gasteiger partial charge in [-0.25, -0.2) is 4.79 Å². The largest absolute Gasteiger partial charge is 0.507 e. The summed E-state index contributed by atoms with van der Waals surface area (Å²) in [5.74, 6) is -11.1. The van der Waals surface area contributed by atoms with E-state index in [1.165, 1.54) is 19.1 Å². The lowest BCUT2D eigenvalue weighted by atomic mass is 9.36. The lowest BCUT2D eigenvalue weighted by Crippen LogP contribution is -2.83. The Balaban J connectivity index is 2.02. The van der Waals surface area contributed by atoms with Crippen molar-refractivity contribution in [2.45, 2.75) is 64.4 Å². The number of hydrogen-bond acceptors (Lipinski definition) is 9. The van der Waals surface area contributed by atoms with Gasteiger partial charge in [-0.05, 0) is 29.4 Å². The number of benzene rings is 1. The molecule has 11 heteroatoms. The number of fused-ring (bicyclic) bond motifs is 3. The Morgan fingerprint density at radius 1 is 1.10 bits per heavy atom. The molecule has 2 unspecified atom stereocenters. The number of rotatable bonds is 4. The van der Waals surface area contributed by atoms with Crippen LogP contribution in [0.5, 0.6) is 5.75 Å². The Morgan fingerprint density at radius 2 is 1.69 bits per heavy atom. The zero-order chi connectivity index (χ0) is 29.6. The summed E-state index contributed by atoms with van der Waals surface area (Å²) in [6, 6.07) is 2.94. The highest BCUT2D eigenvalue weighted by Gasteiger charge is 2.80. The summed E-state index contributed by atoms with van der Waals surface area (Å²) >= 11 is 0. The SMILES string of the molecule is CC(C)[C@H]1C(O)[C@@H](C(N)=O)C(=O)[C@]2(O)C(O)[C@H]3C(=O)c4c(ccc(C=CC(=O)O)c4O)[C@@H](C)[C@]3(C)[C@@H](O)[C@]12C. The van der Waals surface area contributed by atoms with E-state index in [9.17, 15) is 44.7 Å². The van der Waals surface area contributed by atoms with Gasteiger partial charge in [-0.2, -0.15) is 0 Å². The van der Waals surface area contributed by atoms with Crippen molar-refractivity contribution in [1.82, 2.24) is 0 Å². The van der Waals surface area contributed by atoms with E-state index in [-0.39, 0.29) is 11.1 Å². The van der Waals surface area contributed by atoms with Crippen molar-refractivity contribution in [2.75, 3.05) is 0 Å². The number of amides is 1. The van der Waals surface area contributed by atoms with Crippen LogP contribution >= 0.6 is 0 Å². The predicted octanol–water partition coefficient (Wildman–Crippen LogP) is 0.202. The molecule has 212 valence electrons. The van der Waals surface area contributed by atoms with Crippen LogP contribution < -0.4 is 5.73 Å². The molecule has 4 rings (SSSR count). The van der Waals surface area contributed by atoms with E-state index in [0.29, 0.717) is 5.56 Å². The van der Waals surface area contributed by atoms with E-state index in [2.05, 4.69) is 0 Å². The summed E-state index contributed by atoms with van der Waals surface area (Å²) in [5, 5.41) is 67.2. The highest BCUT2D eigenvalue weighted by Crippen LogP contribution is 2.68. The fraction of sp³-hybridized carbons (Fsp3) is 0.571. The first-order chi connectivity index (χ1) is 17.9. The minimum Gasteiger partial charge on any atom is -0.507 e. The number of phenolic OH excluding ortho intramolecular Hbond substituents is 1. The molecule has 0 bridgehead atoms. The number of hydrogen-bond donors (Lipinski definition) is 7. The molecule has 2 saturated carbocycles. The predicted molar refractivity (Wildman–Crippen MR) is 136 cm³/mol. The van der Waals surface area contributed by atoms with E-state index in [4.69, 9.17) is 10.8 Å². The first-order valence-corrected chi connectivity index (χ1v) is 12.8. The number of carbonyl (C=O) groups is 4. The average molecular weight is 546 g/mol. The van der Waals surface area contributed by atoms with Crippen molar-refractivity contribution >= 4 is 29.5 Å². The van der Waals surface area contributed by atoms with Crippen LogP contribution in [0.2, 0.25) is 0 Å². The van der Waals surface area contributed by atoms with E-state index in [0.717, 1.165) is 12.2 Å². The molecule has 39 heavy (non-hydrogen) atoms. The second kappa shape index (κ2) is 8.95. The third kappa shape index (κ3) is 3.36. The quantitative estimate of drug-likeness (QED) is 0.201. The molecule has 3 aliphatic carbocycles. The van der Waals surface area contributed by atoms with Crippen LogP contribution in [0.1, 0.15) is 62.0 Å². The van der Waals surface area contributed by atoms with Crippen LogP contribution in [0, 0.1) is 34.5 Å². The van der Waals surface area contributed by atoms with Crippen LogP contribution in [0.4, 0.5) is 0 Å². The van der Waals surface area contributed by atoms with Gasteiger partial charge in [0.15, 0.2) is 17.2 Å². The highest BCUT2D eigenvalue weighted by atomic mass is 16.4. The van der Waals surface area contributed by atoms with Gasteiger partial charge in [0.1, 0.15) is 17.8 Å². The number of aromatic hydroxyl groups is 1. The fourth-order valence-corrected chi connectivity index (χ4v) is 8.07. The molecule has 0 aromatic heterocycles. The van der Waals surface area contributed by atoms with Crippen molar-refractivity contribution in [1.29, 1.82) is 0 Å². The topological polar surface area (TPSA) is 216 Å². The van der Waals surface area contributed by atoms with Gasteiger partial charge in [-0.3, -0.25) is 14.4 Å². The van der Waals surface area contributed by atoms with Crippen LogP contribution in [0.3, 0.4) is 0 Å². The van der Waals surface area contributed by atoms with Crippen molar-refractivity contribution in [2.24, 2.45) is 40.2 Å². The third-order valence-corrected chi connectivity index (χ3v) is 10.1. The number of primary amides is 1. The van der Waals surface area contributed by atoms with E-state index < -0.39 is 93.5 Å². The van der Waals surface area contributed by atoms with Crippen LogP contribution in [0.25, 0.3) is 6.08 Å². The molecule has 1 aromatic carbocycles. The number of nitrogens with two attached hydrogens (primary N) is 1. The van der Waals surface area contributed by atoms with Gasteiger partial charge in [0.2, 0.25) is 5.91 Å². The normalized spacial score (nSPS) is 41.7. The Morgan fingerprint density at radius 3 is 2.21 bits per heavy atom. The van der Waals surface area contributed by atoms with E-state index in [1.807, 2.05) is 0 Å². The molecule has 2 fully saturated rings. The number of Topliss-reactive ketones (excluding diaryl/α,β-unsaturated/α-hetero) is 2. The van der Waals surface area contributed by atoms with Crippen LogP contribution in [-0.4, -0.2) is 78.0 Å². The number of phenols is 1. The van der Waals surface area contributed by atoms with Crippen molar-refractivity contribution in [3.8, 4) is 5.75 Å². The molecule has 8 N–H and O–H groups in total. The number of carboxylic acids is 1. The average Bonchev–Trinajstić information content (AvgIpc) is 2.83. The molecule has 1 amide bonds. The van der Waals surface area contributed by atoms with Gasteiger partial charge in [0, 0.05) is 22.5 Å². The maximum atomic E-state index is 14.1. The molecular weight excluding hydrogens is 510 g/mol. The first kappa shape index (κ1) is 28.9. The highest BCUT2D eigenvalue weighted by molar-refractivity contribution is 6.09. The summed E-state index contributed by atoms with van der Waals surface area (Å²) < 4.78 is 0. The summed E-state index contributed by atoms with van der Waals surface area (Å²) in [6.07, 6.45) is -3.62. The fourth-order valence-electron chi connectivity index (χ4n) is 8.07. The molecule has 0 saturated heterocycles. The van der Waals surface area contributed by atoms with Crippen molar-refractivity contribution < 1.29 is 49.8 Å². The third-order valence-electron chi connectivity index (χ3n) is 10.1. The number of ketones is 2. The number of aliphatic hydroxyl groups is 4. The standard InChI is InChI=1S/C28H35NO10/c1-10(2)17-21(34)16(24(29)37)22(35)28(39)23(36)18-20(33)15-13(8-6-12(19(15)32)7-9-14(30)31)11(3)26(18,4)25(38)27(17,28)5/h6-11,16-18,21,23,25,32,34,36,38-39H,1-5H3,(H2,29,37)(H,30,31)/t11-,16-,17+,18-,21?,23?,25-,26+,27+,28+/m1/s1. The zero-order valence-electron chi connectivity index (χ0n) is 22.3. The maximum absolute atomic E-state index is 14.1. The van der Waals surface area contributed by atoms with Gasteiger partial charge in [-0.1, -0.05) is 46.8 Å². The summed E-state index contributed by atoms with van der Waals surface area (Å²) in [4.78, 5) is 51.1. The Hall–Kier alpha value is -3.12. The minimum absolute atomic E-state index is 0.0141. The molecule has 0 heterocycles. The van der Waals surface area contributed by atoms with Gasteiger partial charge in [-0.15, -0.1) is 0 Å². The zero-order valence-corrected chi connectivity index (χ0v) is 22.3. The van der Waals surface area contributed by atoms with E-state index >= 15 is 0 Å². The molecule has 1 aromatic rings. The lowest BCUT2D eigenvalue weighted by molar-refractivity contribution is -0.306. The molecule has 0 spiro atoms. The molecule has 3 aliphatic rings. The summed E-state index contributed by atoms with van der Waals surface area (Å²) in [6.45, 7) is 7.94. The Labute approximate surface area is 225 Å². The number of aliphatic hydroxyl groups excluding tert-OH is 3. The lowest BCUT2D eigenvalue weighted by Gasteiger charge is -2.69. The van der Waals surface area contributed by atoms with Crippen LogP contribution in [0.15, 0.2) is 18.2 Å². The number of carboxylic acid groups (broad SMARTS) is 1. The van der Waals surface area contributed by atoms with Crippen molar-refractivity contribution in [3.05, 3.63) is 34.9 Å². The first-order valence-electron chi connectivity index (χ1n) is 12.8. The maximum Gasteiger partial charge on any atom is 0.328 e. The molecular formula is C28H35NO10. The smallest absolute Gasteiger partial charge is 0.328 e. The van der Waals surface area contributed by atoms with E-state index in [1.54, 1.807) is 27.7 Å². The molecule has 10 atom stereocenters. The van der Waals surface area contributed by atoms with Gasteiger partial charge < -0.3 is 36.4 Å². The van der Waals surface area contributed by atoms with Gasteiger partial charge in [0.25, 0.3) is 0 Å². The minimum atomic E-state index is -2.87. The summed E-state index contributed by atoms with van der Waals surface area (Å²) in [5.41, 5.74) is -0.750. The number of carbonyl (C=O) groups excluding carboxylic acids is 3. The second-order valence-corrected chi connectivity index (χ2v) is 12.0. The monoisotopic (exact) mass is 545 g/mol. The summed E-state index contributed by atoms with van der Waals surface area (Å²) in [7, 11) is 0. The Bertz CT molecular complexity index is 1310. The van der Waals surface area contributed by atoms with Gasteiger partial charge >= 0.3 is 5.97 Å². The second-order valence-electron chi connectivity index (χ2n) is 12.0. The van der Waals surface area contributed by atoms with Gasteiger partial charge in [0.05, 0.1) is 23.7 Å². The Kier molecular flexibility index (Phi) is 6.63.